The molecular formula is C27H19N3O5. The molecule has 2 heterocycles. The van der Waals surface area contributed by atoms with Crippen LogP contribution in [-0.4, -0.2) is 17.0 Å². The molecule has 0 spiro atoms. The molecule has 0 bridgehead atoms. The second-order valence-corrected chi connectivity index (χ2v) is 7.73. The lowest BCUT2D eigenvalue weighted by Crippen LogP contribution is -2.20. The van der Waals surface area contributed by atoms with Gasteiger partial charge >= 0.3 is 11.8 Å². The highest BCUT2D eigenvalue weighted by atomic mass is 16.6. The van der Waals surface area contributed by atoms with Gasteiger partial charge in [0.1, 0.15) is 16.4 Å². The first kappa shape index (κ1) is 21.8. The molecule has 1 aromatic heterocycles. The van der Waals surface area contributed by atoms with Gasteiger partial charge in [-0.1, -0.05) is 78.9 Å². The molecule has 172 valence electrons. The van der Waals surface area contributed by atoms with Gasteiger partial charge in [-0.2, -0.15) is 5.10 Å². The molecule has 4 aromatic rings. The van der Waals surface area contributed by atoms with Crippen LogP contribution in [-0.2, 0) is 0 Å². The number of amides is 1. The van der Waals surface area contributed by atoms with E-state index in [2.05, 4.69) is 10.5 Å². The third kappa shape index (κ3) is 4.45. The van der Waals surface area contributed by atoms with E-state index >= 15 is 0 Å². The number of furan rings is 1. The van der Waals surface area contributed by atoms with Crippen molar-refractivity contribution in [1.29, 1.82) is 0 Å². The zero-order valence-corrected chi connectivity index (χ0v) is 18.3. The molecule has 1 amide bonds. The zero-order chi connectivity index (χ0) is 24.2. The van der Waals surface area contributed by atoms with E-state index in [0.29, 0.717) is 5.76 Å². The van der Waals surface area contributed by atoms with Crippen LogP contribution >= 0.6 is 0 Å². The average Bonchev–Trinajstić information content (AvgIpc) is 3.40. The lowest BCUT2D eigenvalue weighted by molar-refractivity contribution is -0.402. The Kier molecular flexibility index (Phi) is 5.92. The Bertz CT molecular complexity index is 1440. The van der Waals surface area contributed by atoms with Gasteiger partial charge in [-0.05, 0) is 17.7 Å². The second kappa shape index (κ2) is 9.48. The number of nitrogens with one attached hydrogen (secondary N) is 1. The summed E-state index contributed by atoms with van der Waals surface area (Å²) in [5.74, 6) is -0.286. The van der Waals surface area contributed by atoms with Crippen LogP contribution in [0, 0.1) is 10.1 Å². The molecule has 0 fully saturated rings. The van der Waals surface area contributed by atoms with E-state index in [1.165, 1.54) is 6.07 Å². The van der Waals surface area contributed by atoms with Crippen molar-refractivity contribution in [3.05, 3.63) is 135 Å². The number of fused-ring (bicyclic) bond motifs is 1. The van der Waals surface area contributed by atoms with Crippen molar-refractivity contribution in [2.75, 3.05) is 0 Å². The molecule has 1 atom stereocenters. The van der Waals surface area contributed by atoms with Gasteiger partial charge in [0.2, 0.25) is 5.76 Å². The normalized spacial score (nSPS) is 14.9. The van der Waals surface area contributed by atoms with Crippen LogP contribution in [0.15, 0.2) is 112 Å². The fourth-order valence-electron chi connectivity index (χ4n) is 4.00. The van der Waals surface area contributed by atoms with Gasteiger partial charge in [-0.15, -0.1) is 0 Å². The van der Waals surface area contributed by atoms with Crippen molar-refractivity contribution in [3.63, 3.8) is 0 Å². The fourth-order valence-corrected chi connectivity index (χ4v) is 4.00. The lowest BCUT2D eigenvalue weighted by atomic mass is 9.82. The predicted octanol–water partition coefficient (Wildman–Crippen LogP) is 5.54. The summed E-state index contributed by atoms with van der Waals surface area (Å²) in [6.07, 6.45) is 1.55. The molecule has 0 saturated heterocycles. The largest absolute Gasteiger partial charge is 0.456 e. The van der Waals surface area contributed by atoms with E-state index < -0.39 is 16.7 Å². The van der Waals surface area contributed by atoms with Crippen molar-refractivity contribution in [1.82, 2.24) is 5.43 Å². The topological polar surface area (TPSA) is 107 Å². The Morgan fingerprint density at radius 1 is 0.914 bits per heavy atom. The number of ether oxygens (including phenoxy) is 1. The first-order valence-corrected chi connectivity index (χ1v) is 10.8. The van der Waals surface area contributed by atoms with Gasteiger partial charge in [0.15, 0.2) is 0 Å². The van der Waals surface area contributed by atoms with Crippen molar-refractivity contribution in [3.8, 4) is 5.75 Å². The molecule has 8 heteroatoms. The minimum Gasteiger partial charge on any atom is -0.456 e. The van der Waals surface area contributed by atoms with Crippen LogP contribution < -0.4 is 10.2 Å². The SMILES string of the molecule is O=C(N/N=C\C1=C(c2ccccc2)Oc2ccccc2[C@H]1c1ccccc1)c1ccc([N+](=O)[O-])o1. The van der Waals surface area contributed by atoms with E-state index in [1.54, 1.807) is 6.21 Å². The van der Waals surface area contributed by atoms with Gasteiger partial charge in [-0.3, -0.25) is 14.9 Å². The first-order chi connectivity index (χ1) is 17.1. The number of hydrogen-bond acceptors (Lipinski definition) is 6. The number of nitrogens with zero attached hydrogens (tertiary/aromatic N) is 2. The van der Waals surface area contributed by atoms with Gasteiger partial charge in [0.25, 0.3) is 0 Å². The number of benzene rings is 3. The highest BCUT2D eigenvalue weighted by Gasteiger charge is 2.30. The summed E-state index contributed by atoms with van der Waals surface area (Å²) >= 11 is 0. The van der Waals surface area contributed by atoms with Gasteiger partial charge in [0, 0.05) is 22.6 Å². The van der Waals surface area contributed by atoms with Crippen LogP contribution in [0.4, 0.5) is 5.88 Å². The monoisotopic (exact) mass is 465 g/mol. The number of para-hydroxylation sites is 1. The molecule has 0 aliphatic carbocycles. The molecule has 1 N–H and O–H groups in total. The van der Waals surface area contributed by atoms with Crippen LogP contribution in [0.25, 0.3) is 5.76 Å². The van der Waals surface area contributed by atoms with Crippen LogP contribution in [0.2, 0.25) is 0 Å². The molecule has 5 rings (SSSR count). The van der Waals surface area contributed by atoms with Crippen LogP contribution in [0.5, 0.6) is 5.75 Å². The van der Waals surface area contributed by atoms with Crippen molar-refractivity contribution in [2.24, 2.45) is 5.10 Å². The first-order valence-electron chi connectivity index (χ1n) is 10.8. The molecule has 0 radical (unpaired) electrons. The van der Waals surface area contributed by atoms with Crippen molar-refractivity contribution >= 4 is 23.8 Å². The Hall–Kier alpha value is -4.98. The Morgan fingerprint density at radius 3 is 2.31 bits per heavy atom. The van der Waals surface area contributed by atoms with E-state index in [-0.39, 0.29) is 11.7 Å². The Morgan fingerprint density at radius 2 is 1.60 bits per heavy atom. The van der Waals surface area contributed by atoms with Gasteiger partial charge in [-0.25, -0.2) is 5.43 Å². The maximum atomic E-state index is 12.4. The van der Waals surface area contributed by atoms with Crippen LogP contribution in [0.1, 0.15) is 33.2 Å². The van der Waals surface area contributed by atoms with E-state index in [0.717, 1.165) is 34.1 Å². The molecule has 8 nitrogen and oxygen atoms in total. The Labute approximate surface area is 200 Å². The van der Waals surface area contributed by atoms with E-state index in [1.807, 2.05) is 84.9 Å². The standard InChI is InChI=1S/C27H19N3O5/c31-27(23-15-16-24(34-23)30(32)33)29-28-17-21-25(18-9-3-1-4-10-18)20-13-7-8-14-22(20)35-26(21)19-11-5-2-6-12-19/h1-17,25H,(H,29,31)/b28-17-/t25-/m1/s1. The number of hydrazone groups is 1. The summed E-state index contributed by atoms with van der Waals surface area (Å²) in [6, 6.07) is 29.7. The molecule has 0 saturated carbocycles. The van der Waals surface area contributed by atoms with Gasteiger partial charge in [0.05, 0.1) is 12.3 Å². The third-order valence-electron chi connectivity index (χ3n) is 5.55. The summed E-state index contributed by atoms with van der Waals surface area (Å²) in [5.41, 5.74) is 5.99. The summed E-state index contributed by atoms with van der Waals surface area (Å²) in [4.78, 5) is 22.6. The van der Waals surface area contributed by atoms with Crippen LogP contribution in [0.3, 0.4) is 0 Å². The molecule has 3 aromatic carbocycles. The summed E-state index contributed by atoms with van der Waals surface area (Å²) in [7, 11) is 0. The third-order valence-corrected chi connectivity index (χ3v) is 5.55. The predicted molar refractivity (Wildman–Crippen MR) is 130 cm³/mol. The molecule has 1 aliphatic heterocycles. The molecule has 0 unspecified atom stereocenters. The number of allylic oxidation sites excluding steroid dienone is 1. The molecule has 35 heavy (non-hydrogen) atoms. The summed E-state index contributed by atoms with van der Waals surface area (Å²) < 4.78 is 11.3. The van der Waals surface area contributed by atoms with Gasteiger partial charge < -0.3 is 9.15 Å². The number of nitro groups is 1. The number of carbonyl (C=O) groups excluding carboxylic acids is 1. The molecular weight excluding hydrogens is 446 g/mol. The van der Waals surface area contributed by atoms with E-state index in [4.69, 9.17) is 9.15 Å². The number of carbonyl (C=O) groups is 1. The zero-order valence-electron chi connectivity index (χ0n) is 18.3. The minimum absolute atomic E-state index is 0.207. The average molecular weight is 465 g/mol. The van der Waals surface area contributed by atoms with Crippen molar-refractivity contribution in [2.45, 2.75) is 5.92 Å². The number of hydrogen-bond donors (Lipinski definition) is 1. The number of rotatable bonds is 6. The maximum absolute atomic E-state index is 12.4. The van der Waals surface area contributed by atoms with E-state index in [9.17, 15) is 14.9 Å². The fraction of sp³-hybridized carbons (Fsp3) is 0.0370. The Balaban J connectivity index is 1.56. The minimum atomic E-state index is -0.710. The molecule has 1 aliphatic rings. The summed E-state index contributed by atoms with van der Waals surface area (Å²) in [6.45, 7) is 0. The maximum Gasteiger partial charge on any atom is 0.433 e. The van der Waals surface area contributed by atoms with Crippen molar-refractivity contribution < 1.29 is 18.9 Å². The lowest BCUT2D eigenvalue weighted by Gasteiger charge is -2.29. The quantitative estimate of drug-likeness (QED) is 0.229. The highest BCUT2D eigenvalue weighted by Crippen LogP contribution is 2.44. The highest BCUT2D eigenvalue weighted by molar-refractivity contribution is 5.96. The smallest absolute Gasteiger partial charge is 0.433 e. The second-order valence-electron chi connectivity index (χ2n) is 7.73. The summed E-state index contributed by atoms with van der Waals surface area (Å²) in [5, 5.41) is 15.0.